The zero-order chi connectivity index (χ0) is 16.4. The Hall–Kier alpha value is -2.89. The number of hydrogen-bond donors (Lipinski definition) is 2. The number of pyridine rings is 1. The summed E-state index contributed by atoms with van der Waals surface area (Å²) < 4.78 is 0. The molecule has 0 saturated heterocycles. The number of benzene rings is 1. The lowest BCUT2D eigenvalue weighted by Crippen LogP contribution is -2.39. The van der Waals surface area contributed by atoms with Crippen LogP contribution < -0.4 is 5.32 Å². The lowest BCUT2D eigenvalue weighted by Gasteiger charge is -2.29. The molecule has 0 spiro atoms. The average Bonchev–Trinajstić information content (AvgIpc) is 2.55. The smallest absolute Gasteiger partial charge is 0.336 e. The molecule has 6 nitrogen and oxygen atoms in total. The molecule has 23 heavy (non-hydrogen) atoms. The number of anilines is 1. The third kappa shape index (κ3) is 3.15. The number of nitrogens with one attached hydrogen (secondary N) is 1. The number of hydrogen-bond acceptors (Lipinski definition) is 3. The number of amides is 2. The summed E-state index contributed by atoms with van der Waals surface area (Å²) in [6.45, 7) is 2.75. The van der Waals surface area contributed by atoms with Crippen LogP contribution in [0.3, 0.4) is 0 Å². The van der Waals surface area contributed by atoms with Crippen molar-refractivity contribution in [3.63, 3.8) is 0 Å². The molecule has 0 fully saturated rings. The molecule has 118 valence electrons. The van der Waals surface area contributed by atoms with Crippen molar-refractivity contribution in [1.82, 2.24) is 9.88 Å². The summed E-state index contributed by atoms with van der Waals surface area (Å²) in [4.78, 5) is 29.6. The van der Waals surface area contributed by atoms with E-state index in [0.717, 1.165) is 16.9 Å². The van der Waals surface area contributed by atoms with Crippen LogP contribution in [0, 0.1) is 6.92 Å². The molecular formula is C17H17N3O3. The second-order valence-electron chi connectivity index (χ2n) is 5.56. The summed E-state index contributed by atoms with van der Waals surface area (Å²) in [7, 11) is 0. The lowest BCUT2D eigenvalue weighted by atomic mass is 10.0. The van der Waals surface area contributed by atoms with Crippen molar-refractivity contribution < 1.29 is 14.7 Å². The number of rotatable bonds is 2. The molecule has 1 aliphatic rings. The summed E-state index contributed by atoms with van der Waals surface area (Å²) in [5.41, 5.74) is 3.42. The van der Waals surface area contributed by atoms with Gasteiger partial charge in [0.1, 0.15) is 0 Å². The van der Waals surface area contributed by atoms with Gasteiger partial charge in [-0.05, 0) is 25.1 Å². The fraction of sp³-hybridized carbons (Fsp3) is 0.235. The number of carbonyl (C=O) groups excluding carboxylic acids is 1. The van der Waals surface area contributed by atoms with Crippen molar-refractivity contribution in [1.29, 1.82) is 0 Å². The zero-order valence-corrected chi connectivity index (χ0v) is 12.7. The van der Waals surface area contributed by atoms with Crippen LogP contribution >= 0.6 is 0 Å². The first-order valence-corrected chi connectivity index (χ1v) is 7.37. The Bertz CT molecular complexity index is 756. The number of carboxylic acid groups (broad SMARTS) is 1. The first-order chi connectivity index (χ1) is 11.0. The average molecular weight is 311 g/mol. The van der Waals surface area contributed by atoms with Crippen molar-refractivity contribution in [2.45, 2.75) is 19.9 Å². The molecule has 0 saturated carbocycles. The number of urea groups is 1. The summed E-state index contributed by atoms with van der Waals surface area (Å²) >= 11 is 0. The number of fused-ring (bicyclic) bond motifs is 1. The number of carbonyl (C=O) groups is 2. The largest absolute Gasteiger partial charge is 0.478 e. The summed E-state index contributed by atoms with van der Waals surface area (Å²) in [6, 6.07) is 8.77. The fourth-order valence-corrected chi connectivity index (χ4v) is 2.65. The van der Waals surface area contributed by atoms with E-state index in [4.69, 9.17) is 0 Å². The normalized spacial score (nSPS) is 13.3. The molecule has 3 rings (SSSR count). The molecule has 2 heterocycles. The molecule has 0 bridgehead atoms. The van der Waals surface area contributed by atoms with Gasteiger partial charge in [0, 0.05) is 36.1 Å². The van der Waals surface area contributed by atoms with Gasteiger partial charge in [-0.2, -0.15) is 0 Å². The van der Waals surface area contributed by atoms with Crippen molar-refractivity contribution in [2.24, 2.45) is 0 Å². The van der Waals surface area contributed by atoms with Crippen molar-refractivity contribution in [3.8, 4) is 0 Å². The lowest BCUT2D eigenvalue weighted by molar-refractivity contribution is 0.0693. The van der Waals surface area contributed by atoms with Crippen LogP contribution in [0.1, 0.15) is 27.2 Å². The minimum absolute atomic E-state index is 0.211. The Morgan fingerprint density at radius 1 is 1.22 bits per heavy atom. The van der Waals surface area contributed by atoms with E-state index >= 15 is 0 Å². The number of aromatic carboxylic acids is 1. The molecule has 6 heteroatoms. The van der Waals surface area contributed by atoms with E-state index in [1.807, 2.05) is 31.2 Å². The number of aryl methyl sites for hydroxylation is 1. The van der Waals surface area contributed by atoms with E-state index in [1.165, 1.54) is 12.3 Å². The number of carboxylic acids is 1. The molecule has 0 radical (unpaired) electrons. The van der Waals surface area contributed by atoms with Crippen LogP contribution in [-0.2, 0) is 13.0 Å². The van der Waals surface area contributed by atoms with Crippen molar-refractivity contribution in [3.05, 3.63) is 58.9 Å². The summed E-state index contributed by atoms with van der Waals surface area (Å²) in [5, 5.41) is 12.1. The molecule has 2 amide bonds. The van der Waals surface area contributed by atoms with Gasteiger partial charge in [0.2, 0.25) is 0 Å². The van der Waals surface area contributed by atoms with Crippen LogP contribution in [-0.4, -0.2) is 33.5 Å². The highest BCUT2D eigenvalue weighted by atomic mass is 16.4. The van der Waals surface area contributed by atoms with Crippen molar-refractivity contribution in [2.75, 3.05) is 11.9 Å². The second kappa shape index (κ2) is 6.08. The SMILES string of the molecule is Cc1ccc(NC(=O)N2CCc3nccc(C(=O)O)c3C2)cc1. The highest BCUT2D eigenvalue weighted by molar-refractivity contribution is 5.91. The van der Waals surface area contributed by atoms with Crippen molar-refractivity contribution >= 4 is 17.7 Å². The Morgan fingerprint density at radius 2 is 1.96 bits per heavy atom. The Labute approximate surface area is 133 Å². The molecule has 2 N–H and O–H groups in total. The topological polar surface area (TPSA) is 82.5 Å². The predicted octanol–water partition coefficient (Wildman–Crippen LogP) is 2.68. The molecule has 0 aliphatic carbocycles. The Morgan fingerprint density at radius 3 is 2.65 bits per heavy atom. The van der Waals surface area contributed by atoms with Gasteiger partial charge in [0.25, 0.3) is 0 Å². The van der Waals surface area contributed by atoms with Gasteiger partial charge >= 0.3 is 12.0 Å². The van der Waals surface area contributed by atoms with Gasteiger partial charge in [-0.25, -0.2) is 9.59 Å². The summed E-state index contributed by atoms with van der Waals surface area (Å²) in [6.07, 6.45) is 2.06. The third-order valence-corrected chi connectivity index (χ3v) is 3.93. The predicted molar refractivity (Wildman–Crippen MR) is 85.5 cm³/mol. The molecule has 2 aromatic rings. The quantitative estimate of drug-likeness (QED) is 0.893. The van der Waals surface area contributed by atoms with Gasteiger partial charge in [-0.1, -0.05) is 17.7 Å². The van der Waals surface area contributed by atoms with Gasteiger partial charge in [-0.15, -0.1) is 0 Å². The molecule has 1 aliphatic heterocycles. The van der Waals surface area contributed by atoms with Gasteiger partial charge in [-0.3, -0.25) is 4.98 Å². The van der Waals surface area contributed by atoms with Crippen LogP contribution in [0.25, 0.3) is 0 Å². The molecular weight excluding hydrogens is 294 g/mol. The molecule has 1 aromatic heterocycles. The van der Waals surface area contributed by atoms with E-state index in [-0.39, 0.29) is 18.1 Å². The van der Waals surface area contributed by atoms with E-state index < -0.39 is 5.97 Å². The Kier molecular flexibility index (Phi) is 3.97. The van der Waals surface area contributed by atoms with Crippen LogP contribution in [0.2, 0.25) is 0 Å². The third-order valence-electron chi connectivity index (χ3n) is 3.93. The standard InChI is InChI=1S/C17H17N3O3/c1-11-2-4-12(5-3-11)19-17(23)20-9-7-15-14(10-20)13(16(21)22)6-8-18-15/h2-6,8H,7,9-10H2,1H3,(H,19,23)(H,21,22). The second-order valence-corrected chi connectivity index (χ2v) is 5.56. The maximum Gasteiger partial charge on any atom is 0.336 e. The fourth-order valence-electron chi connectivity index (χ4n) is 2.65. The van der Waals surface area contributed by atoms with Crippen LogP contribution in [0.5, 0.6) is 0 Å². The first-order valence-electron chi connectivity index (χ1n) is 7.37. The van der Waals surface area contributed by atoms with E-state index in [2.05, 4.69) is 10.3 Å². The van der Waals surface area contributed by atoms with Crippen LogP contribution in [0.4, 0.5) is 10.5 Å². The first kappa shape index (κ1) is 15.0. The van der Waals surface area contributed by atoms with E-state index in [9.17, 15) is 14.7 Å². The van der Waals surface area contributed by atoms with Gasteiger partial charge < -0.3 is 15.3 Å². The number of aromatic nitrogens is 1. The van der Waals surface area contributed by atoms with E-state index in [0.29, 0.717) is 18.5 Å². The highest BCUT2D eigenvalue weighted by Gasteiger charge is 2.25. The van der Waals surface area contributed by atoms with Gasteiger partial charge in [0.05, 0.1) is 12.1 Å². The molecule has 0 atom stereocenters. The highest BCUT2D eigenvalue weighted by Crippen LogP contribution is 2.22. The minimum atomic E-state index is -0.996. The monoisotopic (exact) mass is 311 g/mol. The number of nitrogens with zero attached hydrogens (tertiary/aromatic N) is 2. The maximum atomic E-state index is 12.4. The molecule has 0 unspecified atom stereocenters. The summed E-state index contributed by atoms with van der Waals surface area (Å²) in [5.74, 6) is -0.996. The van der Waals surface area contributed by atoms with Crippen LogP contribution in [0.15, 0.2) is 36.5 Å². The Balaban J connectivity index is 1.77. The van der Waals surface area contributed by atoms with Gasteiger partial charge in [0.15, 0.2) is 0 Å². The zero-order valence-electron chi connectivity index (χ0n) is 12.7. The molecule has 1 aromatic carbocycles. The minimum Gasteiger partial charge on any atom is -0.478 e. The maximum absolute atomic E-state index is 12.4. The van der Waals surface area contributed by atoms with E-state index in [1.54, 1.807) is 4.90 Å².